The topological polar surface area (TPSA) is 55.8 Å². The third-order valence-electron chi connectivity index (χ3n) is 5.76. The van der Waals surface area contributed by atoms with E-state index in [1.54, 1.807) is 0 Å². The van der Waals surface area contributed by atoms with Crippen LogP contribution in [-0.2, 0) is 11.2 Å². The smallest absolute Gasteiger partial charge is 0.303 e. The van der Waals surface area contributed by atoms with Gasteiger partial charge >= 0.3 is 5.97 Å². The van der Waals surface area contributed by atoms with Gasteiger partial charge in [-0.15, -0.1) is 0 Å². The molecule has 1 aliphatic heterocycles. The highest BCUT2D eigenvalue weighted by molar-refractivity contribution is 5.66. The van der Waals surface area contributed by atoms with E-state index in [1.165, 1.54) is 37.7 Å². The molecule has 0 saturated heterocycles. The number of carbonyl (C=O) groups is 1. The van der Waals surface area contributed by atoms with Gasteiger partial charge < -0.3 is 14.6 Å². The first kappa shape index (κ1) is 24.3. The predicted molar refractivity (Wildman–Crippen MR) is 123 cm³/mol. The lowest BCUT2D eigenvalue weighted by Gasteiger charge is -2.33. The molecule has 0 bridgehead atoms. The van der Waals surface area contributed by atoms with E-state index in [0.717, 1.165) is 56.4 Å². The van der Waals surface area contributed by atoms with Crippen molar-refractivity contribution in [2.45, 2.75) is 103 Å². The molecule has 1 heterocycles. The summed E-state index contributed by atoms with van der Waals surface area (Å²) in [6, 6.07) is 6.14. The van der Waals surface area contributed by atoms with Crippen molar-refractivity contribution in [2.75, 3.05) is 6.61 Å². The number of unbranched alkanes of at least 4 members (excludes halogenated alkanes) is 8. The minimum atomic E-state index is -0.712. The summed E-state index contributed by atoms with van der Waals surface area (Å²) >= 11 is 0. The number of carboxylic acid groups (broad SMARTS) is 1. The Balaban J connectivity index is 1.70. The first-order valence-electron chi connectivity index (χ1n) is 11.9. The number of fused-ring (bicyclic) bond motifs is 1. The zero-order chi connectivity index (χ0) is 21.7. The molecule has 168 valence electrons. The third-order valence-corrected chi connectivity index (χ3v) is 5.76. The van der Waals surface area contributed by atoms with E-state index in [1.807, 2.05) is 12.1 Å². The summed E-state index contributed by atoms with van der Waals surface area (Å²) in [7, 11) is 0. The zero-order valence-corrected chi connectivity index (χ0v) is 19.0. The minimum Gasteiger partial charge on any atom is -0.494 e. The van der Waals surface area contributed by atoms with E-state index in [4.69, 9.17) is 14.6 Å². The number of carboxylic acids is 1. The van der Waals surface area contributed by atoms with Crippen LogP contribution in [0.1, 0.15) is 96.5 Å². The third kappa shape index (κ3) is 9.23. The van der Waals surface area contributed by atoms with Gasteiger partial charge in [0.2, 0.25) is 0 Å². The Morgan fingerprint density at radius 3 is 2.70 bits per heavy atom. The van der Waals surface area contributed by atoms with Gasteiger partial charge in [-0.3, -0.25) is 4.79 Å². The van der Waals surface area contributed by atoms with Crippen molar-refractivity contribution < 1.29 is 19.4 Å². The van der Waals surface area contributed by atoms with Crippen LogP contribution in [0.5, 0.6) is 11.5 Å². The van der Waals surface area contributed by atoms with Crippen molar-refractivity contribution in [3.63, 3.8) is 0 Å². The maximum absolute atomic E-state index is 10.5. The fraction of sp³-hybridized carbons (Fsp3) is 0.654. The van der Waals surface area contributed by atoms with E-state index >= 15 is 0 Å². The lowest BCUT2D eigenvalue weighted by atomic mass is 9.91. The van der Waals surface area contributed by atoms with Crippen LogP contribution in [0.4, 0.5) is 0 Å². The Hall–Kier alpha value is -1.97. The first-order valence-corrected chi connectivity index (χ1v) is 11.9. The molecule has 1 aromatic carbocycles. The Labute approximate surface area is 182 Å². The number of aryl methyl sites for hydroxylation is 1. The molecule has 1 unspecified atom stereocenters. The monoisotopic (exact) mass is 416 g/mol. The number of benzene rings is 1. The van der Waals surface area contributed by atoms with Crippen LogP contribution in [0.3, 0.4) is 0 Å². The number of allylic oxidation sites excluding steroid dienone is 1. The fourth-order valence-electron chi connectivity index (χ4n) is 3.86. The van der Waals surface area contributed by atoms with Gasteiger partial charge in [0.15, 0.2) is 0 Å². The molecule has 1 N–H and O–H groups in total. The van der Waals surface area contributed by atoms with Gasteiger partial charge in [0.05, 0.1) is 6.61 Å². The average molecular weight is 417 g/mol. The minimum absolute atomic E-state index is 0.214. The highest BCUT2D eigenvalue weighted by Crippen LogP contribution is 2.36. The molecule has 0 saturated carbocycles. The Bertz CT molecular complexity index is 667. The summed E-state index contributed by atoms with van der Waals surface area (Å²) in [5.74, 6) is 1.16. The van der Waals surface area contributed by atoms with Crippen molar-refractivity contribution in [1.82, 2.24) is 0 Å². The number of hydrogen-bond donors (Lipinski definition) is 1. The van der Waals surface area contributed by atoms with E-state index < -0.39 is 5.97 Å². The molecule has 30 heavy (non-hydrogen) atoms. The van der Waals surface area contributed by atoms with E-state index in [2.05, 4.69) is 32.1 Å². The van der Waals surface area contributed by atoms with Crippen LogP contribution in [0.15, 0.2) is 30.4 Å². The van der Waals surface area contributed by atoms with Gasteiger partial charge in [0.25, 0.3) is 0 Å². The Morgan fingerprint density at radius 2 is 1.90 bits per heavy atom. The van der Waals surface area contributed by atoms with Crippen LogP contribution < -0.4 is 9.47 Å². The normalized spacial score (nSPS) is 18.2. The average Bonchev–Trinajstić information content (AvgIpc) is 2.72. The molecule has 0 fully saturated rings. The summed E-state index contributed by atoms with van der Waals surface area (Å²) in [6.07, 6.45) is 18.2. The van der Waals surface area contributed by atoms with Crippen LogP contribution in [0, 0.1) is 0 Å². The van der Waals surface area contributed by atoms with Gasteiger partial charge in [-0.25, -0.2) is 0 Å². The molecule has 1 aliphatic rings. The summed E-state index contributed by atoms with van der Waals surface area (Å²) < 4.78 is 12.2. The second-order valence-electron chi connectivity index (χ2n) is 8.70. The summed E-state index contributed by atoms with van der Waals surface area (Å²) in [6.45, 7) is 5.10. The Kier molecular flexibility index (Phi) is 10.8. The molecule has 0 amide bonds. The highest BCUT2D eigenvalue weighted by atomic mass is 16.5. The number of ether oxygens (including phenoxy) is 2. The van der Waals surface area contributed by atoms with Crippen LogP contribution >= 0.6 is 0 Å². The number of hydrogen-bond acceptors (Lipinski definition) is 3. The van der Waals surface area contributed by atoms with E-state index in [0.29, 0.717) is 6.61 Å². The lowest BCUT2D eigenvalue weighted by Crippen LogP contribution is -2.34. The predicted octanol–water partition coefficient (Wildman–Crippen LogP) is 7.10. The molecule has 2 rings (SSSR count). The number of rotatable bonds is 15. The zero-order valence-electron chi connectivity index (χ0n) is 19.0. The molecule has 1 atom stereocenters. The second kappa shape index (κ2) is 13.4. The molecule has 1 aromatic rings. The highest BCUT2D eigenvalue weighted by Gasteiger charge is 2.29. The van der Waals surface area contributed by atoms with Crippen LogP contribution in [-0.4, -0.2) is 23.3 Å². The van der Waals surface area contributed by atoms with Gasteiger partial charge in [-0.05, 0) is 75.3 Å². The van der Waals surface area contributed by atoms with Crippen molar-refractivity contribution in [1.29, 1.82) is 0 Å². The Morgan fingerprint density at radius 1 is 1.13 bits per heavy atom. The molecular formula is C26H40O4. The summed E-state index contributed by atoms with van der Waals surface area (Å²) in [4.78, 5) is 10.5. The summed E-state index contributed by atoms with van der Waals surface area (Å²) in [5.41, 5.74) is 1.01. The van der Waals surface area contributed by atoms with Crippen LogP contribution in [0.2, 0.25) is 0 Å². The summed E-state index contributed by atoms with van der Waals surface area (Å²) in [5, 5.41) is 8.65. The largest absolute Gasteiger partial charge is 0.494 e. The van der Waals surface area contributed by atoms with Crippen molar-refractivity contribution in [3.05, 3.63) is 35.9 Å². The van der Waals surface area contributed by atoms with Crippen molar-refractivity contribution >= 4 is 5.97 Å². The van der Waals surface area contributed by atoms with E-state index in [-0.39, 0.29) is 12.0 Å². The lowest BCUT2D eigenvalue weighted by molar-refractivity contribution is -0.137. The second-order valence-corrected chi connectivity index (χ2v) is 8.70. The molecule has 0 aromatic heterocycles. The molecule has 4 nitrogen and oxygen atoms in total. The fourth-order valence-corrected chi connectivity index (χ4v) is 3.86. The number of aliphatic carboxylic acids is 1. The van der Waals surface area contributed by atoms with Gasteiger partial charge in [0, 0.05) is 6.42 Å². The van der Waals surface area contributed by atoms with Crippen molar-refractivity contribution in [2.24, 2.45) is 0 Å². The standard InChI is InChI=1S/C26H40O4/c1-3-4-5-6-7-9-12-18-26(2)19-17-22-21-23(15-16-24(22)30-26)29-20-13-10-8-11-14-25(27)28/h12,15-16,18,21H,3-11,13-14,17,19-20H2,1-2H3,(H,27,28). The molecule has 0 radical (unpaired) electrons. The van der Waals surface area contributed by atoms with Gasteiger partial charge in [0.1, 0.15) is 17.1 Å². The van der Waals surface area contributed by atoms with Gasteiger partial charge in [-0.1, -0.05) is 51.5 Å². The molecule has 4 heteroatoms. The maximum atomic E-state index is 10.5. The molecular weight excluding hydrogens is 376 g/mol. The van der Waals surface area contributed by atoms with E-state index in [9.17, 15) is 4.79 Å². The maximum Gasteiger partial charge on any atom is 0.303 e. The quantitative estimate of drug-likeness (QED) is 0.245. The van der Waals surface area contributed by atoms with Crippen molar-refractivity contribution in [3.8, 4) is 11.5 Å². The van der Waals surface area contributed by atoms with Crippen LogP contribution in [0.25, 0.3) is 0 Å². The van der Waals surface area contributed by atoms with Gasteiger partial charge in [-0.2, -0.15) is 0 Å². The first-order chi connectivity index (χ1) is 14.5. The molecule has 0 aliphatic carbocycles. The SMILES string of the molecule is CCCCCCCC=CC1(C)CCc2cc(OCCCCCCC(=O)O)ccc2O1. The molecule has 0 spiro atoms.